The Morgan fingerprint density at radius 2 is 2.11 bits per heavy atom. The predicted molar refractivity (Wildman–Crippen MR) is 75.9 cm³/mol. The lowest BCUT2D eigenvalue weighted by molar-refractivity contribution is 0.0698. The molecule has 1 saturated carbocycles. The van der Waals surface area contributed by atoms with Gasteiger partial charge in [0.25, 0.3) is 0 Å². The van der Waals surface area contributed by atoms with E-state index in [0.29, 0.717) is 16.5 Å². The van der Waals surface area contributed by atoms with Crippen LogP contribution in [0.2, 0.25) is 5.02 Å². The van der Waals surface area contributed by atoms with Crippen molar-refractivity contribution in [2.24, 2.45) is 5.92 Å². The van der Waals surface area contributed by atoms with Crippen molar-refractivity contribution < 1.29 is 9.90 Å². The Labute approximate surface area is 116 Å². The number of carboxylic acid groups (broad SMARTS) is 1. The zero-order valence-corrected chi connectivity index (χ0v) is 11.4. The van der Waals surface area contributed by atoms with Gasteiger partial charge in [0.1, 0.15) is 0 Å². The molecule has 1 aromatic heterocycles. The van der Waals surface area contributed by atoms with Crippen LogP contribution in [0.1, 0.15) is 36.0 Å². The first kappa shape index (κ1) is 12.5. The van der Waals surface area contributed by atoms with Crippen molar-refractivity contribution in [1.29, 1.82) is 0 Å². The van der Waals surface area contributed by atoms with Gasteiger partial charge in [0.2, 0.25) is 0 Å². The third-order valence-corrected chi connectivity index (χ3v) is 4.24. The van der Waals surface area contributed by atoms with E-state index < -0.39 is 5.97 Å². The highest BCUT2D eigenvalue weighted by atomic mass is 35.5. The summed E-state index contributed by atoms with van der Waals surface area (Å²) in [6.45, 7) is 0.893. The van der Waals surface area contributed by atoms with Gasteiger partial charge in [0, 0.05) is 23.2 Å². The maximum atomic E-state index is 11.3. The molecule has 3 rings (SSSR count). The third-order valence-electron chi connectivity index (χ3n) is 4.00. The Balaban J connectivity index is 2.06. The fourth-order valence-electron chi connectivity index (χ4n) is 3.06. The highest BCUT2D eigenvalue weighted by molar-refractivity contribution is 6.31. The molecular weight excluding hydrogens is 262 g/mol. The van der Waals surface area contributed by atoms with E-state index >= 15 is 0 Å². The van der Waals surface area contributed by atoms with Gasteiger partial charge in [-0.1, -0.05) is 30.5 Å². The average Bonchev–Trinajstić information content (AvgIpc) is 2.98. The number of rotatable bonds is 3. The lowest BCUT2D eigenvalue weighted by atomic mass is 10.1. The number of hydrogen-bond donors (Lipinski definition) is 1. The molecule has 1 heterocycles. The lowest BCUT2D eigenvalue weighted by Crippen LogP contribution is -2.06. The van der Waals surface area contributed by atoms with Crippen LogP contribution in [-0.2, 0) is 6.54 Å². The molecule has 1 aromatic carbocycles. The van der Waals surface area contributed by atoms with E-state index in [1.54, 1.807) is 18.3 Å². The number of aromatic nitrogens is 1. The van der Waals surface area contributed by atoms with Crippen LogP contribution < -0.4 is 0 Å². The molecule has 0 radical (unpaired) electrons. The van der Waals surface area contributed by atoms with Crippen LogP contribution in [0.5, 0.6) is 0 Å². The van der Waals surface area contributed by atoms with Gasteiger partial charge >= 0.3 is 5.97 Å². The maximum absolute atomic E-state index is 11.3. The van der Waals surface area contributed by atoms with Gasteiger partial charge in [0.15, 0.2) is 0 Å². The number of carbonyl (C=O) groups is 1. The second-order valence-electron chi connectivity index (χ2n) is 5.31. The van der Waals surface area contributed by atoms with Crippen molar-refractivity contribution in [2.75, 3.05) is 0 Å². The number of aromatic carboxylic acids is 1. The molecular formula is C15H16ClNO2. The summed E-state index contributed by atoms with van der Waals surface area (Å²) in [5.74, 6) is -0.214. The fourth-order valence-corrected chi connectivity index (χ4v) is 3.22. The van der Waals surface area contributed by atoms with Gasteiger partial charge in [-0.2, -0.15) is 0 Å². The quantitative estimate of drug-likeness (QED) is 0.914. The monoisotopic (exact) mass is 277 g/mol. The number of benzene rings is 1. The molecule has 0 aliphatic heterocycles. The molecule has 19 heavy (non-hydrogen) atoms. The van der Waals surface area contributed by atoms with Crippen LogP contribution in [0.25, 0.3) is 10.9 Å². The lowest BCUT2D eigenvalue weighted by Gasteiger charge is -2.11. The molecule has 0 unspecified atom stereocenters. The largest absolute Gasteiger partial charge is 0.478 e. The minimum atomic E-state index is -0.877. The van der Waals surface area contributed by atoms with Crippen molar-refractivity contribution in [3.63, 3.8) is 0 Å². The van der Waals surface area contributed by atoms with Crippen LogP contribution in [0.4, 0.5) is 0 Å². The van der Waals surface area contributed by atoms with Crippen LogP contribution in [0.15, 0.2) is 24.4 Å². The van der Waals surface area contributed by atoms with Crippen molar-refractivity contribution >= 4 is 28.5 Å². The molecule has 0 bridgehead atoms. The first-order valence-corrected chi connectivity index (χ1v) is 7.04. The number of hydrogen-bond acceptors (Lipinski definition) is 1. The standard InChI is InChI=1S/C15H16ClNO2/c16-11-5-6-12-13(15(18)19)9-17(14(12)7-11)8-10-3-1-2-4-10/h5-7,9-10H,1-4,8H2,(H,18,19). The molecule has 3 nitrogen and oxygen atoms in total. The van der Waals surface area contributed by atoms with E-state index in [1.807, 2.05) is 6.07 Å². The van der Waals surface area contributed by atoms with Crippen LogP contribution in [0.3, 0.4) is 0 Å². The molecule has 4 heteroatoms. The van der Waals surface area contributed by atoms with Gasteiger partial charge in [-0.25, -0.2) is 4.79 Å². The zero-order valence-electron chi connectivity index (χ0n) is 10.6. The molecule has 0 spiro atoms. The highest BCUT2D eigenvalue weighted by Crippen LogP contribution is 2.30. The number of halogens is 1. The Bertz CT molecular complexity index is 626. The second-order valence-corrected chi connectivity index (χ2v) is 5.75. The third kappa shape index (κ3) is 2.35. The normalized spacial score (nSPS) is 16.3. The van der Waals surface area contributed by atoms with Crippen molar-refractivity contribution in [3.8, 4) is 0 Å². The van der Waals surface area contributed by atoms with Crippen LogP contribution in [0, 0.1) is 5.92 Å². The van der Waals surface area contributed by atoms with Crippen molar-refractivity contribution in [3.05, 3.63) is 35.0 Å². The van der Waals surface area contributed by atoms with Crippen LogP contribution in [-0.4, -0.2) is 15.6 Å². The number of nitrogens with zero attached hydrogens (tertiary/aromatic N) is 1. The molecule has 0 atom stereocenters. The Morgan fingerprint density at radius 3 is 2.79 bits per heavy atom. The number of carboxylic acids is 1. The Kier molecular flexibility index (Phi) is 3.23. The summed E-state index contributed by atoms with van der Waals surface area (Å²) in [6.07, 6.45) is 6.81. The topological polar surface area (TPSA) is 42.2 Å². The molecule has 1 fully saturated rings. The zero-order chi connectivity index (χ0) is 13.4. The van der Waals surface area contributed by atoms with E-state index in [1.165, 1.54) is 25.7 Å². The first-order chi connectivity index (χ1) is 9.15. The molecule has 100 valence electrons. The van der Waals surface area contributed by atoms with Gasteiger partial charge < -0.3 is 9.67 Å². The smallest absolute Gasteiger partial charge is 0.337 e. The summed E-state index contributed by atoms with van der Waals surface area (Å²) in [5.41, 5.74) is 1.29. The Morgan fingerprint density at radius 1 is 1.37 bits per heavy atom. The molecule has 1 aliphatic carbocycles. The molecule has 1 aliphatic rings. The summed E-state index contributed by atoms with van der Waals surface area (Å²) in [5, 5.41) is 10.7. The molecule has 0 amide bonds. The Hall–Kier alpha value is -1.48. The summed E-state index contributed by atoms with van der Waals surface area (Å²) >= 11 is 6.04. The first-order valence-electron chi connectivity index (χ1n) is 6.67. The van der Waals surface area contributed by atoms with Crippen LogP contribution >= 0.6 is 11.6 Å². The molecule has 2 aromatic rings. The highest BCUT2D eigenvalue weighted by Gasteiger charge is 2.19. The summed E-state index contributed by atoms with van der Waals surface area (Å²) < 4.78 is 2.06. The van der Waals surface area contributed by atoms with Gasteiger partial charge in [-0.05, 0) is 30.9 Å². The molecule has 0 saturated heterocycles. The van der Waals surface area contributed by atoms with E-state index in [-0.39, 0.29) is 0 Å². The maximum Gasteiger partial charge on any atom is 0.337 e. The van der Waals surface area contributed by atoms with Gasteiger partial charge in [0.05, 0.1) is 11.1 Å². The predicted octanol–water partition coefficient (Wildman–Crippen LogP) is 4.18. The minimum absolute atomic E-state index is 0.365. The van der Waals surface area contributed by atoms with Crippen molar-refractivity contribution in [1.82, 2.24) is 4.57 Å². The number of fused-ring (bicyclic) bond motifs is 1. The van der Waals surface area contributed by atoms with Gasteiger partial charge in [-0.3, -0.25) is 0 Å². The van der Waals surface area contributed by atoms with E-state index in [2.05, 4.69) is 4.57 Å². The molecule has 1 N–H and O–H groups in total. The van der Waals surface area contributed by atoms with E-state index in [4.69, 9.17) is 11.6 Å². The summed E-state index contributed by atoms with van der Waals surface area (Å²) in [4.78, 5) is 11.3. The SMILES string of the molecule is O=C(O)c1cn(CC2CCCC2)c2cc(Cl)ccc12. The summed E-state index contributed by atoms with van der Waals surface area (Å²) in [7, 11) is 0. The van der Waals surface area contributed by atoms with E-state index in [9.17, 15) is 9.90 Å². The summed E-state index contributed by atoms with van der Waals surface area (Å²) in [6, 6.07) is 5.40. The van der Waals surface area contributed by atoms with Crippen molar-refractivity contribution in [2.45, 2.75) is 32.2 Å². The minimum Gasteiger partial charge on any atom is -0.478 e. The van der Waals surface area contributed by atoms with E-state index in [0.717, 1.165) is 17.4 Å². The average molecular weight is 278 g/mol. The fraction of sp³-hybridized carbons (Fsp3) is 0.400. The second kappa shape index (κ2) is 4.89. The van der Waals surface area contributed by atoms with Gasteiger partial charge in [-0.15, -0.1) is 0 Å².